The van der Waals surface area contributed by atoms with Crippen molar-refractivity contribution in [1.29, 1.82) is 0 Å². The van der Waals surface area contributed by atoms with Gasteiger partial charge in [0.05, 0.1) is 13.3 Å². The maximum atomic E-state index is 14.3. The van der Waals surface area contributed by atoms with Crippen LogP contribution in [0.3, 0.4) is 0 Å². The lowest BCUT2D eigenvalue weighted by atomic mass is 10.2. The predicted octanol–water partition coefficient (Wildman–Crippen LogP) is 4.41. The third kappa shape index (κ3) is 3.85. The first-order valence-corrected chi connectivity index (χ1v) is 9.67. The fraction of sp³-hybridized carbons (Fsp3) is 0.136. The molecule has 0 unspecified atom stereocenters. The van der Waals surface area contributed by atoms with E-state index in [9.17, 15) is 9.18 Å². The molecular weight excluding hydrogens is 419 g/mol. The smallest absolute Gasteiger partial charge is 0.373 e. The first kappa shape index (κ1) is 19.6. The molecule has 32 heavy (non-hydrogen) atoms. The Morgan fingerprint density at radius 3 is 2.66 bits per heavy atom. The molecule has 9 nitrogen and oxygen atoms in total. The molecule has 162 valence electrons. The van der Waals surface area contributed by atoms with Crippen LogP contribution in [0.1, 0.15) is 10.6 Å². The number of benzene rings is 2. The highest BCUT2D eigenvalue weighted by molar-refractivity contribution is 5.93. The number of carbonyl (C=O) groups is 1. The van der Waals surface area contributed by atoms with Gasteiger partial charge in [0, 0.05) is 22.8 Å². The molecule has 0 saturated carbocycles. The van der Waals surface area contributed by atoms with Gasteiger partial charge in [-0.05, 0) is 36.4 Å². The van der Waals surface area contributed by atoms with E-state index in [0.29, 0.717) is 47.1 Å². The van der Waals surface area contributed by atoms with Gasteiger partial charge < -0.3 is 29.3 Å². The average molecular weight is 436 g/mol. The Morgan fingerprint density at radius 1 is 1.03 bits per heavy atom. The molecule has 0 amide bonds. The van der Waals surface area contributed by atoms with Gasteiger partial charge >= 0.3 is 5.97 Å². The number of nitrogens with one attached hydrogen (secondary N) is 2. The van der Waals surface area contributed by atoms with Crippen LogP contribution in [0, 0.1) is 5.82 Å². The molecule has 1 aliphatic rings. The van der Waals surface area contributed by atoms with Gasteiger partial charge in [0.1, 0.15) is 18.8 Å². The van der Waals surface area contributed by atoms with Gasteiger partial charge in [0.2, 0.25) is 11.7 Å². The van der Waals surface area contributed by atoms with Crippen LogP contribution in [0.4, 0.5) is 27.5 Å². The lowest BCUT2D eigenvalue weighted by Crippen LogP contribution is -2.15. The first-order chi connectivity index (χ1) is 15.6. The van der Waals surface area contributed by atoms with Gasteiger partial charge in [-0.2, -0.15) is 4.98 Å². The van der Waals surface area contributed by atoms with Crippen LogP contribution in [-0.2, 0) is 4.74 Å². The molecule has 2 aromatic carbocycles. The van der Waals surface area contributed by atoms with Crippen molar-refractivity contribution < 1.29 is 27.8 Å². The second-order valence-corrected chi connectivity index (χ2v) is 6.85. The highest BCUT2D eigenvalue weighted by Crippen LogP contribution is 2.34. The molecule has 10 heteroatoms. The fourth-order valence-corrected chi connectivity index (χ4v) is 3.22. The third-order valence-corrected chi connectivity index (χ3v) is 4.71. The van der Waals surface area contributed by atoms with E-state index >= 15 is 0 Å². The standard InChI is InChI=1S/C22H17FN4O5/c1-29-21(28)19-9-12-8-13(2-4-16(12)32-19)26-22-24-11-15(23)20(27-22)25-14-3-5-17-18(10-14)31-7-6-30-17/h2-5,8-11H,6-7H2,1H3,(H2,24,25,26,27). The number of rotatable bonds is 5. The number of furan rings is 1. The average Bonchev–Trinajstić information content (AvgIpc) is 3.24. The number of esters is 1. The summed E-state index contributed by atoms with van der Waals surface area (Å²) in [6.07, 6.45) is 1.07. The summed E-state index contributed by atoms with van der Waals surface area (Å²) < 4.78 is 35.5. The lowest BCUT2D eigenvalue weighted by Gasteiger charge is -2.19. The number of methoxy groups -OCH3 is 1. The summed E-state index contributed by atoms with van der Waals surface area (Å²) in [6, 6.07) is 12.0. The molecule has 3 heterocycles. The van der Waals surface area contributed by atoms with Crippen molar-refractivity contribution in [2.45, 2.75) is 0 Å². The minimum Gasteiger partial charge on any atom is -0.486 e. The number of fused-ring (bicyclic) bond motifs is 2. The summed E-state index contributed by atoms with van der Waals surface area (Å²) in [7, 11) is 1.28. The zero-order chi connectivity index (χ0) is 22.1. The van der Waals surface area contributed by atoms with Crippen LogP contribution in [0.5, 0.6) is 11.5 Å². The van der Waals surface area contributed by atoms with E-state index in [1.54, 1.807) is 42.5 Å². The largest absolute Gasteiger partial charge is 0.486 e. The molecule has 0 bridgehead atoms. The number of anilines is 4. The van der Waals surface area contributed by atoms with Gasteiger partial charge in [-0.3, -0.25) is 0 Å². The van der Waals surface area contributed by atoms with E-state index in [2.05, 4.69) is 25.3 Å². The molecule has 0 spiro atoms. The van der Waals surface area contributed by atoms with Gasteiger partial charge in [0.15, 0.2) is 23.1 Å². The number of carbonyl (C=O) groups excluding carboxylic acids is 1. The fourth-order valence-electron chi connectivity index (χ4n) is 3.22. The second-order valence-electron chi connectivity index (χ2n) is 6.85. The van der Waals surface area contributed by atoms with E-state index in [-0.39, 0.29) is 17.5 Å². The van der Waals surface area contributed by atoms with Crippen molar-refractivity contribution >= 4 is 40.1 Å². The van der Waals surface area contributed by atoms with Crippen molar-refractivity contribution in [3.8, 4) is 11.5 Å². The number of ether oxygens (including phenoxy) is 3. The van der Waals surface area contributed by atoms with Crippen LogP contribution >= 0.6 is 0 Å². The molecule has 4 aromatic rings. The van der Waals surface area contributed by atoms with E-state index in [1.807, 2.05) is 0 Å². The number of aromatic nitrogens is 2. The Hall–Kier alpha value is -4.34. The molecule has 5 rings (SSSR count). The minimum atomic E-state index is -0.613. The van der Waals surface area contributed by atoms with Gasteiger partial charge in [0.25, 0.3) is 0 Å². The molecule has 0 radical (unpaired) electrons. The zero-order valence-corrected chi connectivity index (χ0v) is 16.8. The summed E-state index contributed by atoms with van der Waals surface area (Å²) >= 11 is 0. The monoisotopic (exact) mass is 436 g/mol. The van der Waals surface area contributed by atoms with Crippen molar-refractivity contribution in [3.63, 3.8) is 0 Å². The Bertz CT molecular complexity index is 1320. The normalized spacial score (nSPS) is 12.4. The summed E-state index contributed by atoms with van der Waals surface area (Å²) in [6.45, 7) is 0.943. The summed E-state index contributed by atoms with van der Waals surface area (Å²) in [4.78, 5) is 19.9. The van der Waals surface area contributed by atoms with Crippen LogP contribution in [0.25, 0.3) is 11.0 Å². The van der Waals surface area contributed by atoms with E-state index in [1.165, 1.54) is 7.11 Å². The summed E-state index contributed by atoms with van der Waals surface area (Å²) in [5, 5.41) is 6.64. The quantitative estimate of drug-likeness (QED) is 0.440. The molecule has 2 N–H and O–H groups in total. The first-order valence-electron chi connectivity index (χ1n) is 9.67. The molecule has 1 aliphatic heterocycles. The molecule has 0 fully saturated rings. The van der Waals surface area contributed by atoms with Gasteiger partial charge in [-0.25, -0.2) is 14.2 Å². The Balaban J connectivity index is 1.37. The van der Waals surface area contributed by atoms with E-state index in [0.717, 1.165) is 6.20 Å². The Morgan fingerprint density at radius 2 is 1.81 bits per heavy atom. The third-order valence-electron chi connectivity index (χ3n) is 4.71. The van der Waals surface area contributed by atoms with Crippen molar-refractivity contribution in [1.82, 2.24) is 9.97 Å². The predicted molar refractivity (Wildman–Crippen MR) is 114 cm³/mol. The minimum absolute atomic E-state index is 0.00320. The Kier molecular flexibility index (Phi) is 4.94. The molecule has 2 aromatic heterocycles. The number of nitrogens with zero attached hydrogens (tertiary/aromatic N) is 2. The number of hydrogen-bond acceptors (Lipinski definition) is 9. The topological polar surface area (TPSA) is 108 Å². The maximum absolute atomic E-state index is 14.3. The van der Waals surface area contributed by atoms with Gasteiger partial charge in [-0.1, -0.05) is 0 Å². The molecule has 0 saturated heterocycles. The van der Waals surface area contributed by atoms with Crippen molar-refractivity contribution in [2.24, 2.45) is 0 Å². The summed E-state index contributed by atoms with van der Waals surface area (Å²) in [5.74, 6) is 0.319. The second kappa shape index (κ2) is 8.06. The lowest BCUT2D eigenvalue weighted by molar-refractivity contribution is 0.0567. The maximum Gasteiger partial charge on any atom is 0.373 e. The van der Waals surface area contributed by atoms with Crippen LogP contribution in [0.2, 0.25) is 0 Å². The van der Waals surface area contributed by atoms with E-state index < -0.39 is 11.8 Å². The Labute approximate surface area is 181 Å². The van der Waals surface area contributed by atoms with Gasteiger partial charge in [-0.15, -0.1) is 0 Å². The van der Waals surface area contributed by atoms with Crippen molar-refractivity contribution in [2.75, 3.05) is 31.0 Å². The SMILES string of the molecule is COC(=O)c1cc2cc(Nc3ncc(F)c(Nc4ccc5c(c4)OCCO5)n3)ccc2o1. The van der Waals surface area contributed by atoms with Crippen molar-refractivity contribution in [3.05, 3.63) is 60.2 Å². The molecular formula is C22H17FN4O5. The number of halogens is 1. The molecule has 0 aliphatic carbocycles. The molecule has 0 atom stereocenters. The zero-order valence-electron chi connectivity index (χ0n) is 16.8. The highest BCUT2D eigenvalue weighted by atomic mass is 19.1. The number of hydrogen-bond donors (Lipinski definition) is 2. The van der Waals surface area contributed by atoms with Crippen LogP contribution in [0.15, 0.2) is 53.1 Å². The van der Waals surface area contributed by atoms with Crippen LogP contribution < -0.4 is 20.1 Å². The summed E-state index contributed by atoms with van der Waals surface area (Å²) in [5.41, 5.74) is 1.75. The highest BCUT2D eigenvalue weighted by Gasteiger charge is 2.15. The van der Waals surface area contributed by atoms with Crippen LogP contribution in [-0.4, -0.2) is 36.3 Å². The van der Waals surface area contributed by atoms with E-state index in [4.69, 9.17) is 13.9 Å².